The molecule has 1 atom stereocenters. The number of imidazole rings is 1. The maximum atomic E-state index is 13.9. The van der Waals surface area contributed by atoms with Crippen LogP contribution in [-0.4, -0.2) is 25.0 Å². The van der Waals surface area contributed by atoms with E-state index in [1.807, 2.05) is 4.57 Å². The molecule has 11 heteroatoms. The van der Waals surface area contributed by atoms with Gasteiger partial charge in [0.15, 0.2) is 5.65 Å². The molecule has 7 nitrogen and oxygen atoms in total. The van der Waals surface area contributed by atoms with Gasteiger partial charge in [-0.15, -0.1) is 0 Å². The molecule has 0 bridgehead atoms. The normalized spacial score (nSPS) is 15.5. The van der Waals surface area contributed by atoms with Crippen molar-refractivity contribution >= 4 is 28.0 Å². The lowest BCUT2D eigenvalue weighted by atomic mass is 10.0. The Hall–Kier alpha value is -4.25. The highest BCUT2D eigenvalue weighted by Crippen LogP contribution is 2.40. The summed E-state index contributed by atoms with van der Waals surface area (Å²) in [6, 6.07) is 10.4. The average molecular weight is 508 g/mol. The Bertz CT molecular complexity index is 1720. The standard InChI is InChI=1S/C26H20F4N6O/c27-16-3-1-2-13(8-16)12-36-20-5-4-15(26(28,29)30)10-17(20)21(22(36)23(32)37)14-9-19-25(33-11-14)35-7-6-18(31)24(35)34-19/h1-5,8-11,18H,6-7,12,31H2,(H2,32,37). The summed E-state index contributed by atoms with van der Waals surface area (Å²) in [4.78, 5) is 21.9. The molecule has 1 unspecified atom stereocenters. The van der Waals surface area contributed by atoms with Gasteiger partial charge < -0.3 is 20.6 Å². The van der Waals surface area contributed by atoms with Crippen molar-refractivity contribution in [1.82, 2.24) is 19.1 Å². The van der Waals surface area contributed by atoms with Gasteiger partial charge in [-0.05, 0) is 48.4 Å². The van der Waals surface area contributed by atoms with Crippen LogP contribution in [-0.2, 0) is 19.3 Å². The number of nitrogens with zero attached hydrogens (tertiary/aromatic N) is 4. The fourth-order valence-corrected chi connectivity index (χ4v) is 5.13. The smallest absolute Gasteiger partial charge is 0.364 e. The Morgan fingerprint density at radius 2 is 1.95 bits per heavy atom. The maximum absolute atomic E-state index is 13.9. The third-order valence-corrected chi connectivity index (χ3v) is 6.75. The molecule has 37 heavy (non-hydrogen) atoms. The van der Waals surface area contributed by atoms with E-state index in [9.17, 15) is 22.4 Å². The number of benzene rings is 2. The van der Waals surface area contributed by atoms with Crippen LogP contribution in [0.1, 0.15) is 39.9 Å². The van der Waals surface area contributed by atoms with Crippen molar-refractivity contribution in [3.8, 4) is 11.1 Å². The van der Waals surface area contributed by atoms with Crippen molar-refractivity contribution in [2.75, 3.05) is 0 Å². The van der Waals surface area contributed by atoms with Gasteiger partial charge in [-0.2, -0.15) is 13.2 Å². The molecule has 6 rings (SSSR count). The Kier molecular flexibility index (Phi) is 5.09. The first-order valence-corrected chi connectivity index (χ1v) is 11.5. The lowest BCUT2D eigenvalue weighted by molar-refractivity contribution is -0.137. The molecule has 1 aliphatic rings. The van der Waals surface area contributed by atoms with E-state index in [0.717, 1.165) is 18.6 Å². The highest BCUT2D eigenvalue weighted by molar-refractivity contribution is 6.10. The quantitative estimate of drug-likeness (QED) is 0.342. The van der Waals surface area contributed by atoms with Crippen molar-refractivity contribution in [3.05, 3.63) is 83.2 Å². The Morgan fingerprint density at radius 3 is 2.68 bits per heavy atom. The second-order valence-corrected chi connectivity index (χ2v) is 9.12. The van der Waals surface area contributed by atoms with E-state index >= 15 is 0 Å². The molecule has 1 aliphatic heterocycles. The van der Waals surface area contributed by atoms with E-state index < -0.39 is 23.5 Å². The van der Waals surface area contributed by atoms with Crippen LogP contribution in [0.4, 0.5) is 17.6 Å². The molecular weight excluding hydrogens is 488 g/mol. The van der Waals surface area contributed by atoms with Gasteiger partial charge in [0, 0.05) is 41.3 Å². The number of fused-ring (bicyclic) bond motifs is 4. The second-order valence-electron chi connectivity index (χ2n) is 9.12. The number of rotatable bonds is 4. The predicted octanol–water partition coefficient (Wildman–Crippen LogP) is 4.76. The third kappa shape index (κ3) is 3.73. The number of carbonyl (C=O) groups is 1. The molecule has 1 amide bonds. The van der Waals surface area contributed by atoms with E-state index in [-0.39, 0.29) is 29.2 Å². The molecule has 0 aliphatic carbocycles. The number of carbonyl (C=O) groups excluding carboxylic acids is 1. The van der Waals surface area contributed by atoms with Gasteiger partial charge >= 0.3 is 6.18 Å². The first kappa shape index (κ1) is 23.2. The number of hydrogen-bond donors (Lipinski definition) is 2. The van der Waals surface area contributed by atoms with Crippen molar-refractivity contribution in [2.24, 2.45) is 11.5 Å². The van der Waals surface area contributed by atoms with Gasteiger partial charge in [0.2, 0.25) is 0 Å². The lowest BCUT2D eigenvalue weighted by Crippen LogP contribution is -2.18. The second kappa shape index (κ2) is 8.13. The van der Waals surface area contributed by atoms with Gasteiger partial charge in [0.05, 0.1) is 11.6 Å². The van der Waals surface area contributed by atoms with Crippen LogP contribution >= 0.6 is 0 Å². The van der Waals surface area contributed by atoms with Crippen LogP contribution in [0.2, 0.25) is 0 Å². The SMILES string of the molecule is NC(=O)c1c(-c2cnc3c(c2)nc2n3CCC2N)c2cc(C(F)(F)F)ccc2n1Cc1cccc(F)c1. The van der Waals surface area contributed by atoms with E-state index in [1.165, 1.54) is 35.0 Å². The summed E-state index contributed by atoms with van der Waals surface area (Å²) in [6.07, 6.45) is -2.37. The van der Waals surface area contributed by atoms with Gasteiger partial charge in [0.25, 0.3) is 5.91 Å². The van der Waals surface area contributed by atoms with E-state index in [4.69, 9.17) is 11.5 Å². The van der Waals surface area contributed by atoms with E-state index in [2.05, 4.69) is 9.97 Å². The molecule has 0 spiro atoms. The van der Waals surface area contributed by atoms with Crippen LogP contribution < -0.4 is 11.5 Å². The minimum atomic E-state index is -4.61. The van der Waals surface area contributed by atoms with Crippen molar-refractivity contribution in [1.29, 1.82) is 0 Å². The monoisotopic (exact) mass is 508 g/mol. The first-order chi connectivity index (χ1) is 17.6. The number of alkyl halides is 3. The minimum Gasteiger partial charge on any atom is -0.364 e. The number of primary amides is 1. The molecule has 2 aromatic carbocycles. The van der Waals surface area contributed by atoms with Crippen LogP contribution in [0, 0.1) is 5.82 Å². The average Bonchev–Trinajstić information content (AvgIpc) is 3.49. The predicted molar refractivity (Wildman–Crippen MR) is 129 cm³/mol. The summed E-state index contributed by atoms with van der Waals surface area (Å²) in [6.45, 7) is 0.676. The number of hydrogen-bond acceptors (Lipinski definition) is 4. The third-order valence-electron chi connectivity index (χ3n) is 6.75. The number of amides is 1. The summed E-state index contributed by atoms with van der Waals surface area (Å²) in [7, 11) is 0. The molecule has 4 N–H and O–H groups in total. The largest absolute Gasteiger partial charge is 0.416 e. The number of aromatic nitrogens is 4. The molecular formula is C26H20F4N6O. The number of nitrogens with two attached hydrogens (primary N) is 2. The van der Waals surface area contributed by atoms with Crippen LogP contribution in [0.3, 0.4) is 0 Å². The summed E-state index contributed by atoms with van der Waals surface area (Å²) in [5.74, 6) is -0.636. The van der Waals surface area contributed by atoms with E-state index in [0.29, 0.717) is 40.2 Å². The van der Waals surface area contributed by atoms with Crippen molar-refractivity contribution in [2.45, 2.75) is 31.7 Å². The number of halogens is 4. The molecule has 0 saturated carbocycles. The highest BCUT2D eigenvalue weighted by Gasteiger charge is 2.33. The van der Waals surface area contributed by atoms with Crippen LogP contribution in [0.15, 0.2) is 54.7 Å². The number of aryl methyl sites for hydroxylation is 1. The zero-order chi connectivity index (χ0) is 26.1. The summed E-state index contributed by atoms with van der Waals surface area (Å²) < 4.78 is 58.3. The Labute approximate surface area is 207 Å². The van der Waals surface area contributed by atoms with Crippen LogP contribution in [0.5, 0.6) is 0 Å². The van der Waals surface area contributed by atoms with E-state index in [1.54, 1.807) is 12.1 Å². The van der Waals surface area contributed by atoms with Gasteiger partial charge in [0.1, 0.15) is 22.9 Å². The topological polar surface area (TPSA) is 105 Å². The van der Waals surface area contributed by atoms with Crippen LogP contribution in [0.25, 0.3) is 33.2 Å². The first-order valence-electron chi connectivity index (χ1n) is 11.5. The molecule has 5 aromatic rings. The zero-order valence-electron chi connectivity index (χ0n) is 19.3. The molecule has 0 fully saturated rings. The molecule has 0 radical (unpaired) electrons. The lowest BCUT2D eigenvalue weighted by Gasteiger charge is -2.11. The van der Waals surface area contributed by atoms with Crippen molar-refractivity contribution in [3.63, 3.8) is 0 Å². The highest BCUT2D eigenvalue weighted by atomic mass is 19.4. The summed E-state index contributed by atoms with van der Waals surface area (Å²) >= 11 is 0. The fourth-order valence-electron chi connectivity index (χ4n) is 5.13. The minimum absolute atomic E-state index is 0.0109. The zero-order valence-corrected chi connectivity index (χ0v) is 19.3. The molecule has 3 aromatic heterocycles. The Balaban J connectivity index is 1.63. The summed E-state index contributed by atoms with van der Waals surface area (Å²) in [5.41, 5.74) is 13.6. The number of pyridine rings is 1. The maximum Gasteiger partial charge on any atom is 0.416 e. The van der Waals surface area contributed by atoms with Gasteiger partial charge in [-0.1, -0.05) is 12.1 Å². The molecule has 188 valence electrons. The summed E-state index contributed by atoms with van der Waals surface area (Å²) in [5, 5.41) is 0.171. The van der Waals surface area contributed by atoms with Crippen molar-refractivity contribution < 1.29 is 22.4 Å². The fraction of sp³-hybridized carbons (Fsp3) is 0.192. The molecule has 0 saturated heterocycles. The van der Waals surface area contributed by atoms with Gasteiger partial charge in [-0.25, -0.2) is 14.4 Å². The van der Waals surface area contributed by atoms with Gasteiger partial charge in [-0.3, -0.25) is 4.79 Å². The Morgan fingerprint density at radius 1 is 1.14 bits per heavy atom. The molecule has 4 heterocycles.